The molecule has 0 fully saturated rings. The molecule has 202 valence electrons. The molecular formula is C40H25NO2. The first kappa shape index (κ1) is 23.9. The zero-order valence-electron chi connectivity index (χ0n) is 23.2. The van der Waals surface area contributed by atoms with E-state index in [0.717, 1.165) is 72.1 Å². The van der Waals surface area contributed by atoms with Gasteiger partial charge in [-0.1, -0.05) is 97.1 Å². The van der Waals surface area contributed by atoms with Gasteiger partial charge >= 0.3 is 0 Å². The lowest BCUT2D eigenvalue weighted by atomic mass is 10.0. The lowest BCUT2D eigenvalue weighted by Crippen LogP contribution is -2.09. The highest BCUT2D eigenvalue weighted by Crippen LogP contribution is 2.42. The van der Waals surface area contributed by atoms with Crippen molar-refractivity contribution in [3.63, 3.8) is 0 Å². The normalized spacial score (nSPS) is 11.7. The fourth-order valence-corrected chi connectivity index (χ4v) is 6.38. The van der Waals surface area contributed by atoms with Crippen LogP contribution in [-0.4, -0.2) is 0 Å². The van der Waals surface area contributed by atoms with E-state index in [-0.39, 0.29) is 0 Å². The van der Waals surface area contributed by atoms with Gasteiger partial charge in [-0.15, -0.1) is 0 Å². The first-order chi connectivity index (χ1) is 21.3. The van der Waals surface area contributed by atoms with E-state index in [0.29, 0.717) is 0 Å². The number of fused-ring (bicyclic) bond motifs is 7. The van der Waals surface area contributed by atoms with Gasteiger partial charge in [0.25, 0.3) is 0 Å². The fraction of sp³-hybridized carbons (Fsp3) is 0. The van der Waals surface area contributed by atoms with Crippen molar-refractivity contribution in [2.24, 2.45) is 0 Å². The summed E-state index contributed by atoms with van der Waals surface area (Å²) in [5.41, 5.74) is 8.91. The maximum Gasteiger partial charge on any atom is 0.143 e. The summed E-state index contributed by atoms with van der Waals surface area (Å²) in [5, 5.41) is 6.69. The van der Waals surface area contributed by atoms with Gasteiger partial charge < -0.3 is 13.7 Å². The van der Waals surface area contributed by atoms with Gasteiger partial charge in [0.15, 0.2) is 0 Å². The maximum absolute atomic E-state index is 6.56. The Bertz CT molecular complexity index is 2450. The molecule has 0 amide bonds. The van der Waals surface area contributed by atoms with Crippen LogP contribution < -0.4 is 4.90 Å². The molecule has 0 N–H and O–H groups in total. The molecule has 3 heteroatoms. The van der Waals surface area contributed by atoms with Crippen LogP contribution in [0, 0.1) is 0 Å². The van der Waals surface area contributed by atoms with Gasteiger partial charge in [-0.25, -0.2) is 0 Å². The summed E-state index contributed by atoms with van der Waals surface area (Å²) >= 11 is 0. The zero-order chi connectivity index (χ0) is 28.3. The van der Waals surface area contributed by atoms with Crippen LogP contribution in [0.15, 0.2) is 160 Å². The second kappa shape index (κ2) is 9.37. The molecule has 2 heterocycles. The second-order valence-electron chi connectivity index (χ2n) is 11.0. The Labute approximate surface area is 247 Å². The smallest absolute Gasteiger partial charge is 0.143 e. The molecule has 9 aromatic rings. The number of benzene rings is 7. The van der Waals surface area contributed by atoms with Gasteiger partial charge in [0, 0.05) is 50.2 Å². The van der Waals surface area contributed by atoms with Gasteiger partial charge in [-0.2, -0.15) is 0 Å². The lowest BCUT2D eigenvalue weighted by molar-refractivity contribution is 0.664. The summed E-state index contributed by atoms with van der Waals surface area (Å²) in [6.07, 6.45) is 0. The van der Waals surface area contributed by atoms with Crippen LogP contribution in [0.25, 0.3) is 65.8 Å². The molecule has 7 aromatic carbocycles. The minimum atomic E-state index is 0.844. The Morgan fingerprint density at radius 3 is 1.86 bits per heavy atom. The number of hydrogen-bond donors (Lipinski definition) is 0. The summed E-state index contributed by atoms with van der Waals surface area (Å²) in [7, 11) is 0. The molecule has 0 unspecified atom stereocenters. The van der Waals surface area contributed by atoms with Crippen molar-refractivity contribution in [3.8, 4) is 11.1 Å². The van der Waals surface area contributed by atoms with Gasteiger partial charge in [0.1, 0.15) is 22.3 Å². The molecule has 0 aliphatic carbocycles. The number of anilines is 3. The van der Waals surface area contributed by atoms with Crippen molar-refractivity contribution < 1.29 is 8.83 Å². The topological polar surface area (TPSA) is 29.5 Å². The standard InChI is InChI=1S/C40H25NO2/c1-3-11-27(12-4-1)32-16-9-17-34-36-25-38-35(24-39(36)43-40(32)34)33-21-20-31(23-37(33)42-38)41(29-14-5-2-6-15-29)30-19-18-26-10-7-8-13-28(26)22-30/h1-25H. The number of para-hydroxylation sites is 2. The van der Waals surface area contributed by atoms with Crippen LogP contribution in [-0.2, 0) is 0 Å². The van der Waals surface area contributed by atoms with Gasteiger partial charge in [0.2, 0.25) is 0 Å². The van der Waals surface area contributed by atoms with Crippen LogP contribution in [0.4, 0.5) is 17.1 Å². The number of hydrogen-bond acceptors (Lipinski definition) is 3. The van der Waals surface area contributed by atoms with Crippen LogP contribution in [0.2, 0.25) is 0 Å². The molecule has 0 saturated carbocycles. The molecule has 3 nitrogen and oxygen atoms in total. The first-order valence-corrected chi connectivity index (χ1v) is 14.5. The van der Waals surface area contributed by atoms with Crippen LogP contribution in [0.3, 0.4) is 0 Å². The van der Waals surface area contributed by atoms with Crippen molar-refractivity contribution >= 4 is 71.7 Å². The fourth-order valence-electron chi connectivity index (χ4n) is 6.38. The molecule has 0 aliphatic rings. The van der Waals surface area contributed by atoms with E-state index in [2.05, 4.69) is 144 Å². The minimum absolute atomic E-state index is 0.844. The first-order valence-electron chi connectivity index (χ1n) is 14.5. The molecule has 0 radical (unpaired) electrons. The van der Waals surface area contributed by atoms with E-state index in [4.69, 9.17) is 8.83 Å². The van der Waals surface area contributed by atoms with E-state index in [1.165, 1.54) is 10.8 Å². The SMILES string of the molecule is c1ccc(-c2cccc3c2oc2cc4c(cc23)oc2cc(N(c3ccccc3)c3ccc5ccccc5c3)ccc24)cc1. The van der Waals surface area contributed by atoms with Crippen molar-refractivity contribution in [1.82, 2.24) is 0 Å². The third-order valence-electron chi connectivity index (χ3n) is 8.42. The predicted octanol–water partition coefficient (Wildman–Crippen LogP) is 11.8. The van der Waals surface area contributed by atoms with Crippen LogP contribution in [0.1, 0.15) is 0 Å². The molecule has 43 heavy (non-hydrogen) atoms. The quantitative estimate of drug-likeness (QED) is 0.218. The average Bonchev–Trinajstić information content (AvgIpc) is 3.61. The summed E-state index contributed by atoms with van der Waals surface area (Å²) in [4.78, 5) is 2.28. The Morgan fingerprint density at radius 1 is 0.372 bits per heavy atom. The van der Waals surface area contributed by atoms with Gasteiger partial charge in [-0.3, -0.25) is 0 Å². The molecular weight excluding hydrogens is 526 g/mol. The monoisotopic (exact) mass is 551 g/mol. The molecule has 0 spiro atoms. The maximum atomic E-state index is 6.56. The molecule has 0 atom stereocenters. The average molecular weight is 552 g/mol. The van der Waals surface area contributed by atoms with Crippen LogP contribution >= 0.6 is 0 Å². The van der Waals surface area contributed by atoms with E-state index in [1.807, 2.05) is 12.1 Å². The van der Waals surface area contributed by atoms with Crippen molar-refractivity contribution in [2.45, 2.75) is 0 Å². The lowest BCUT2D eigenvalue weighted by Gasteiger charge is -2.25. The van der Waals surface area contributed by atoms with Crippen molar-refractivity contribution in [1.29, 1.82) is 0 Å². The highest BCUT2D eigenvalue weighted by molar-refractivity contribution is 6.16. The highest BCUT2D eigenvalue weighted by Gasteiger charge is 2.18. The van der Waals surface area contributed by atoms with Crippen molar-refractivity contribution in [3.05, 3.63) is 152 Å². The second-order valence-corrected chi connectivity index (χ2v) is 11.0. The molecule has 2 aromatic heterocycles. The Morgan fingerprint density at radius 2 is 1.02 bits per heavy atom. The molecule has 0 bridgehead atoms. The summed E-state index contributed by atoms with van der Waals surface area (Å²) in [6.45, 7) is 0. The van der Waals surface area contributed by atoms with E-state index in [9.17, 15) is 0 Å². The minimum Gasteiger partial charge on any atom is -0.456 e. The van der Waals surface area contributed by atoms with Crippen molar-refractivity contribution in [2.75, 3.05) is 4.90 Å². The molecule has 0 saturated heterocycles. The van der Waals surface area contributed by atoms with Gasteiger partial charge in [-0.05, 0) is 64.9 Å². The third kappa shape index (κ3) is 3.83. The summed E-state index contributed by atoms with van der Waals surface area (Å²) in [6, 6.07) is 53.0. The van der Waals surface area contributed by atoms with Gasteiger partial charge in [0.05, 0.1) is 0 Å². The third-order valence-corrected chi connectivity index (χ3v) is 8.42. The number of rotatable bonds is 4. The molecule has 9 rings (SSSR count). The van der Waals surface area contributed by atoms with E-state index >= 15 is 0 Å². The van der Waals surface area contributed by atoms with E-state index in [1.54, 1.807) is 0 Å². The Kier molecular flexibility index (Phi) is 5.20. The summed E-state index contributed by atoms with van der Waals surface area (Å²) in [5.74, 6) is 0. The Hall–Kier alpha value is -5.80. The zero-order valence-corrected chi connectivity index (χ0v) is 23.2. The number of nitrogens with zero attached hydrogens (tertiary/aromatic N) is 1. The highest BCUT2D eigenvalue weighted by atomic mass is 16.3. The predicted molar refractivity (Wildman–Crippen MR) is 179 cm³/mol. The summed E-state index contributed by atoms with van der Waals surface area (Å²) < 4.78 is 13.1. The molecule has 0 aliphatic heterocycles. The largest absolute Gasteiger partial charge is 0.456 e. The van der Waals surface area contributed by atoms with Crippen LogP contribution in [0.5, 0.6) is 0 Å². The number of furan rings is 2. The van der Waals surface area contributed by atoms with E-state index < -0.39 is 0 Å². The Balaban J connectivity index is 1.21.